The number of fused-ring (bicyclic) bond motifs is 3. The van der Waals surface area contributed by atoms with Crippen molar-refractivity contribution < 1.29 is 19.4 Å². The highest BCUT2D eigenvalue weighted by Crippen LogP contribution is 2.44. The van der Waals surface area contributed by atoms with Gasteiger partial charge in [-0.3, -0.25) is 0 Å². The van der Waals surface area contributed by atoms with Gasteiger partial charge in [0.1, 0.15) is 6.61 Å². The number of benzene rings is 3. The molecule has 4 rings (SSSR count). The molecule has 0 aliphatic heterocycles. The van der Waals surface area contributed by atoms with Gasteiger partial charge < -0.3 is 15.2 Å². The number of alkyl carbamates (subject to hydrolysis) is 1. The molecule has 0 fully saturated rings. The molecule has 0 heterocycles. The number of carboxylic acids is 1. The first-order valence-electron chi connectivity index (χ1n) is 10.1. The second-order valence-electron chi connectivity index (χ2n) is 7.34. The highest BCUT2D eigenvalue weighted by molar-refractivity contribution is 6.31. The molecule has 0 aromatic heterocycles. The molecule has 6 heteroatoms. The van der Waals surface area contributed by atoms with Crippen LogP contribution in [-0.2, 0) is 4.74 Å². The van der Waals surface area contributed by atoms with E-state index in [9.17, 15) is 9.59 Å². The van der Waals surface area contributed by atoms with Crippen LogP contribution in [0.1, 0.15) is 39.4 Å². The molecule has 0 bridgehead atoms. The third-order valence-corrected chi connectivity index (χ3v) is 5.46. The summed E-state index contributed by atoms with van der Waals surface area (Å²) < 4.78 is 5.48. The van der Waals surface area contributed by atoms with Crippen molar-refractivity contribution in [2.75, 3.05) is 13.2 Å². The van der Waals surface area contributed by atoms with Gasteiger partial charge in [0.25, 0.3) is 0 Å². The van der Waals surface area contributed by atoms with Crippen molar-refractivity contribution in [1.82, 2.24) is 5.32 Å². The summed E-state index contributed by atoms with van der Waals surface area (Å²) in [5.41, 5.74) is 5.28. The summed E-state index contributed by atoms with van der Waals surface area (Å²) in [6.07, 6.45) is -0.108. The first kappa shape index (κ1) is 21.5. The number of rotatable bonds is 5. The van der Waals surface area contributed by atoms with E-state index in [-0.39, 0.29) is 18.1 Å². The molecule has 1 aliphatic rings. The zero-order valence-corrected chi connectivity index (χ0v) is 17.9. The lowest BCUT2D eigenvalue weighted by molar-refractivity contribution is 0.0696. The Kier molecular flexibility index (Phi) is 6.44. The van der Waals surface area contributed by atoms with E-state index in [1.807, 2.05) is 24.3 Å². The van der Waals surface area contributed by atoms with Crippen molar-refractivity contribution >= 4 is 23.7 Å². The van der Waals surface area contributed by atoms with E-state index in [1.165, 1.54) is 23.3 Å². The maximum absolute atomic E-state index is 12.2. The minimum absolute atomic E-state index is 0.0131. The summed E-state index contributed by atoms with van der Waals surface area (Å²) >= 11 is 5.92. The summed E-state index contributed by atoms with van der Waals surface area (Å²) in [6.45, 7) is 0.571. The number of nitrogens with one attached hydrogen (secondary N) is 1. The fraction of sp³-hybridized carbons (Fsp3) is 0.154. The molecule has 1 aliphatic carbocycles. The molecule has 0 radical (unpaired) electrons. The summed E-state index contributed by atoms with van der Waals surface area (Å²) in [5, 5.41) is 12.1. The van der Waals surface area contributed by atoms with Crippen molar-refractivity contribution in [2.24, 2.45) is 0 Å². The zero-order chi connectivity index (χ0) is 22.5. The molecule has 0 spiro atoms. The van der Waals surface area contributed by atoms with Gasteiger partial charge in [-0.15, -0.1) is 0 Å². The number of carbonyl (C=O) groups excluding carboxylic acids is 1. The summed E-state index contributed by atoms with van der Waals surface area (Å²) in [7, 11) is 0. The molecule has 0 atom stereocenters. The van der Waals surface area contributed by atoms with Crippen LogP contribution in [0.5, 0.6) is 0 Å². The van der Waals surface area contributed by atoms with Gasteiger partial charge >= 0.3 is 12.1 Å². The predicted molar refractivity (Wildman–Crippen MR) is 123 cm³/mol. The molecule has 3 aromatic carbocycles. The van der Waals surface area contributed by atoms with Crippen LogP contribution in [0.4, 0.5) is 4.79 Å². The number of aromatic carboxylic acids is 1. The topological polar surface area (TPSA) is 75.6 Å². The number of hydrogen-bond donors (Lipinski definition) is 2. The Bertz CT molecular complexity index is 1200. The fourth-order valence-electron chi connectivity index (χ4n) is 3.83. The van der Waals surface area contributed by atoms with Crippen LogP contribution in [0.25, 0.3) is 11.1 Å². The van der Waals surface area contributed by atoms with Crippen LogP contribution in [0.2, 0.25) is 5.02 Å². The first-order chi connectivity index (χ1) is 15.5. The van der Waals surface area contributed by atoms with Gasteiger partial charge in [-0.1, -0.05) is 72.0 Å². The zero-order valence-electron chi connectivity index (χ0n) is 17.1. The Balaban J connectivity index is 1.29. The van der Waals surface area contributed by atoms with Crippen molar-refractivity contribution in [2.45, 2.75) is 12.3 Å². The lowest BCUT2D eigenvalue weighted by atomic mass is 9.98. The van der Waals surface area contributed by atoms with E-state index in [2.05, 4.69) is 41.4 Å². The highest BCUT2D eigenvalue weighted by atomic mass is 35.5. The molecular weight excluding hydrogens is 426 g/mol. The molecule has 0 saturated carbocycles. The molecule has 1 amide bonds. The Morgan fingerprint density at radius 1 is 1.00 bits per heavy atom. The number of carbonyl (C=O) groups is 2. The summed E-state index contributed by atoms with van der Waals surface area (Å²) in [6, 6.07) is 20.8. The SMILES string of the molecule is O=C(NCCC#Cc1cc(Cl)cc(C(=O)O)c1)OCC1c2ccccc2-c2ccccc21. The standard InChI is InChI=1S/C26H20ClNO4/c27-19-14-17(13-18(15-19)25(29)30)7-5-6-12-28-26(31)32-16-24-22-10-3-1-8-20(22)21-9-2-4-11-23(21)24/h1-4,8-11,13-15,24H,6,12,16H2,(H,28,31)(H,29,30). The normalized spacial score (nSPS) is 11.7. The second kappa shape index (κ2) is 9.59. The molecule has 5 nitrogen and oxygen atoms in total. The van der Waals surface area contributed by atoms with E-state index >= 15 is 0 Å². The minimum Gasteiger partial charge on any atom is -0.478 e. The number of halogens is 1. The summed E-state index contributed by atoms with van der Waals surface area (Å²) in [4.78, 5) is 23.2. The molecule has 0 saturated heterocycles. The van der Waals surface area contributed by atoms with Crippen molar-refractivity contribution in [1.29, 1.82) is 0 Å². The highest BCUT2D eigenvalue weighted by Gasteiger charge is 2.28. The Labute approximate surface area is 191 Å². The largest absolute Gasteiger partial charge is 0.478 e. The van der Waals surface area contributed by atoms with E-state index in [0.29, 0.717) is 23.6 Å². The van der Waals surface area contributed by atoms with Crippen LogP contribution in [0.3, 0.4) is 0 Å². The molecule has 32 heavy (non-hydrogen) atoms. The maximum atomic E-state index is 12.2. The monoisotopic (exact) mass is 445 g/mol. The van der Waals surface area contributed by atoms with E-state index < -0.39 is 12.1 Å². The predicted octanol–water partition coefficient (Wildman–Crippen LogP) is 5.32. The number of hydrogen-bond acceptors (Lipinski definition) is 3. The number of ether oxygens (including phenoxy) is 1. The lowest BCUT2D eigenvalue weighted by Gasteiger charge is -2.14. The van der Waals surface area contributed by atoms with E-state index in [0.717, 1.165) is 11.1 Å². The second-order valence-corrected chi connectivity index (χ2v) is 7.77. The Morgan fingerprint density at radius 3 is 2.31 bits per heavy atom. The average Bonchev–Trinajstić information content (AvgIpc) is 3.11. The van der Waals surface area contributed by atoms with Crippen molar-refractivity contribution in [3.05, 3.63) is 94.0 Å². The molecule has 160 valence electrons. The lowest BCUT2D eigenvalue weighted by Crippen LogP contribution is -2.26. The number of amides is 1. The van der Waals surface area contributed by atoms with Crippen molar-refractivity contribution in [3.8, 4) is 23.0 Å². The van der Waals surface area contributed by atoms with Gasteiger partial charge in [-0.2, -0.15) is 0 Å². The van der Waals surface area contributed by atoms with Gasteiger partial charge in [0.2, 0.25) is 0 Å². The minimum atomic E-state index is -1.06. The van der Waals surface area contributed by atoms with Crippen LogP contribution in [0.15, 0.2) is 66.7 Å². The summed E-state index contributed by atoms with van der Waals surface area (Å²) in [5.74, 6) is 4.72. The number of carboxylic acid groups (broad SMARTS) is 1. The molecule has 0 unspecified atom stereocenters. The molecule has 3 aromatic rings. The van der Waals surface area contributed by atoms with Crippen LogP contribution < -0.4 is 5.32 Å². The molecule has 2 N–H and O–H groups in total. The van der Waals surface area contributed by atoms with Crippen LogP contribution >= 0.6 is 11.6 Å². The first-order valence-corrected chi connectivity index (χ1v) is 10.5. The quantitative estimate of drug-likeness (QED) is 0.411. The Morgan fingerprint density at radius 2 is 1.66 bits per heavy atom. The Hall–Kier alpha value is -3.75. The third-order valence-electron chi connectivity index (χ3n) is 5.24. The third kappa shape index (κ3) is 4.77. The van der Waals surface area contributed by atoms with E-state index in [1.54, 1.807) is 6.07 Å². The molecular formula is C26H20ClNO4. The van der Waals surface area contributed by atoms with Crippen LogP contribution in [0, 0.1) is 11.8 Å². The van der Waals surface area contributed by atoms with E-state index in [4.69, 9.17) is 21.4 Å². The van der Waals surface area contributed by atoms with Gasteiger partial charge in [-0.05, 0) is 40.5 Å². The van der Waals surface area contributed by atoms with Gasteiger partial charge in [0.15, 0.2) is 0 Å². The average molecular weight is 446 g/mol. The maximum Gasteiger partial charge on any atom is 0.407 e. The van der Waals surface area contributed by atoms with Crippen molar-refractivity contribution in [3.63, 3.8) is 0 Å². The van der Waals surface area contributed by atoms with Gasteiger partial charge in [0.05, 0.1) is 5.56 Å². The van der Waals surface area contributed by atoms with Gasteiger partial charge in [0, 0.05) is 29.5 Å². The van der Waals surface area contributed by atoms with Crippen LogP contribution in [-0.4, -0.2) is 30.3 Å². The smallest absolute Gasteiger partial charge is 0.407 e. The fourth-order valence-corrected chi connectivity index (χ4v) is 4.06. The van der Waals surface area contributed by atoms with Gasteiger partial charge in [-0.25, -0.2) is 9.59 Å².